The molecule has 1 aromatic carbocycles. The number of nitrogens with zero attached hydrogens (tertiary/aromatic N) is 1. The number of hydrogen-bond acceptors (Lipinski definition) is 3. The van der Waals surface area contributed by atoms with Gasteiger partial charge >= 0.3 is 0 Å². The summed E-state index contributed by atoms with van der Waals surface area (Å²) >= 11 is 12.8. The molecule has 0 amide bonds. The summed E-state index contributed by atoms with van der Waals surface area (Å²) in [5.74, 6) is 5.63. The molecule has 0 saturated heterocycles. The van der Waals surface area contributed by atoms with Crippen LogP contribution in [-0.2, 0) is 6.42 Å². The van der Waals surface area contributed by atoms with E-state index in [0.29, 0.717) is 11.4 Å². The number of pyridine rings is 1. The van der Waals surface area contributed by atoms with Gasteiger partial charge in [-0.25, -0.2) is 0 Å². The monoisotopic (exact) mass is 403 g/mol. The fraction of sp³-hybridized carbons (Fsp3) is 0.154. The largest absolute Gasteiger partial charge is 0.271 e. The molecule has 0 aliphatic carbocycles. The summed E-state index contributed by atoms with van der Waals surface area (Å²) in [4.78, 5) is 4.35. The average molecular weight is 406 g/mol. The second-order valence-electron chi connectivity index (χ2n) is 4.06. The van der Waals surface area contributed by atoms with E-state index in [0.717, 1.165) is 20.2 Å². The van der Waals surface area contributed by atoms with Gasteiger partial charge in [0.05, 0.1) is 11.1 Å². The van der Waals surface area contributed by atoms with Crippen LogP contribution in [0.4, 0.5) is 0 Å². The third kappa shape index (κ3) is 4.00. The predicted molar refractivity (Wildman–Crippen MR) is 84.9 cm³/mol. The second-order valence-corrected chi connectivity index (χ2v) is 6.24. The molecule has 0 saturated carbocycles. The molecule has 1 aromatic heterocycles. The number of hydrogen-bond donors (Lipinski definition) is 2. The van der Waals surface area contributed by atoms with Gasteiger partial charge in [0, 0.05) is 27.3 Å². The number of nitrogens with one attached hydrogen (secondary N) is 1. The normalized spacial score (nSPS) is 12.4. The van der Waals surface area contributed by atoms with Crippen molar-refractivity contribution in [2.75, 3.05) is 0 Å². The lowest BCUT2D eigenvalue weighted by Crippen LogP contribution is -2.29. The van der Waals surface area contributed by atoms with Crippen LogP contribution in [0.15, 0.2) is 45.5 Å². The van der Waals surface area contributed by atoms with Crippen molar-refractivity contribution in [2.24, 2.45) is 5.84 Å². The topological polar surface area (TPSA) is 50.9 Å². The van der Waals surface area contributed by atoms with Crippen molar-refractivity contribution in [1.29, 1.82) is 0 Å². The van der Waals surface area contributed by atoms with Crippen LogP contribution in [0, 0.1) is 0 Å². The Balaban J connectivity index is 2.19. The third-order valence-electron chi connectivity index (χ3n) is 2.75. The van der Waals surface area contributed by atoms with Gasteiger partial charge in [0.2, 0.25) is 0 Å². The molecule has 100 valence electrons. The van der Waals surface area contributed by atoms with Gasteiger partial charge in [0.15, 0.2) is 0 Å². The summed E-state index contributed by atoms with van der Waals surface area (Å²) in [5.41, 5.74) is 4.79. The Kier molecular flexibility index (Phi) is 5.36. The molecule has 2 rings (SSSR count). The van der Waals surface area contributed by atoms with Gasteiger partial charge in [-0.3, -0.25) is 16.3 Å². The molecule has 3 nitrogen and oxygen atoms in total. The molecular weight excluding hydrogens is 393 g/mol. The summed E-state index contributed by atoms with van der Waals surface area (Å²) in [5, 5.41) is 0.668. The first-order valence-corrected chi connectivity index (χ1v) is 7.58. The fourth-order valence-electron chi connectivity index (χ4n) is 1.74. The van der Waals surface area contributed by atoms with E-state index in [1.165, 1.54) is 0 Å². The highest BCUT2D eigenvalue weighted by atomic mass is 79.9. The zero-order valence-corrected chi connectivity index (χ0v) is 13.8. The van der Waals surface area contributed by atoms with Gasteiger partial charge < -0.3 is 0 Å². The van der Waals surface area contributed by atoms with Crippen LogP contribution in [0.5, 0.6) is 0 Å². The summed E-state index contributed by atoms with van der Waals surface area (Å²) in [6.07, 6.45) is 2.47. The zero-order chi connectivity index (χ0) is 13.8. The van der Waals surface area contributed by atoms with Gasteiger partial charge in [-0.1, -0.05) is 17.7 Å². The van der Waals surface area contributed by atoms with Crippen LogP contribution in [0.25, 0.3) is 0 Å². The maximum atomic E-state index is 6.10. The lowest BCUT2D eigenvalue weighted by Gasteiger charge is -2.16. The average Bonchev–Trinajstić information content (AvgIpc) is 2.41. The third-order valence-corrected chi connectivity index (χ3v) is 4.45. The van der Waals surface area contributed by atoms with Crippen LogP contribution < -0.4 is 11.3 Å². The number of aromatic nitrogens is 1. The Morgan fingerprint density at radius 3 is 2.63 bits per heavy atom. The zero-order valence-electron chi connectivity index (χ0n) is 9.91. The molecule has 0 bridgehead atoms. The Hall–Kier alpha value is -0.460. The molecule has 1 atom stereocenters. The van der Waals surface area contributed by atoms with Gasteiger partial charge in [-0.15, -0.1) is 0 Å². The number of benzene rings is 1. The van der Waals surface area contributed by atoms with Crippen molar-refractivity contribution >= 4 is 43.5 Å². The number of rotatable bonds is 4. The highest BCUT2D eigenvalue weighted by molar-refractivity contribution is 9.10. The SMILES string of the molecule is NNC(Cc1ccc(Br)cn1)c1ccc(Br)c(Cl)c1. The summed E-state index contributed by atoms with van der Waals surface area (Å²) in [6, 6.07) is 9.70. The molecule has 19 heavy (non-hydrogen) atoms. The van der Waals surface area contributed by atoms with Crippen LogP contribution in [0.2, 0.25) is 5.02 Å². The predicted octanol–water partition coefficient (Wildman–Crippen LogP) is 4.01. The Morgan fingerprint density at radius 1 is 1.26 bits per heavy atom. The van der Waals surface area contributed by atoms with Crippen molar-refractivity contribution in [2.45, 2.75) is 12.5 Å². The first-order chi connectivity index (χ1) is 9.10. The molecule has 0 aliphatic heterocycles. The molecule has 3 N–H and O–H groups in total. The van der Waals surface area contributed by atoms with Crippen molar-refractivity contribution in [3.8, 4) is 0 Å². The molecular formula is C13H12Br2ClN3. The summed E-state index contributed by atoms with van der Waals surface area (Å²) < 4.78 is 1.83. The highest BCUT2D eigenvalue weighted by Crippen LogP contribution is 2.27. The van der Waals surface area contributed by atoms with E-state index in [1.807, 2.05) is 30.3 Å². The summed E-state index contributed by atoms with van der Waals surface area (Å²) in [6.45, 7) is 0. The van der Waals surface area contributed by atoms with Crippen LogP contribution in [0.3, 0.4) is 0 Å². The maximum Gasteiger partial charge on any atom is 0.0551 e. The lowest BCUT2D eigenvalue weighted by molar-refractivity contribution is 0.546. The summed E-state index contributed by atoms with van der Waals surface area (Å²) in [7, 11) is 0. The van der Waals surface area contributed by atoms with Gasteiger partial charge in [0.1, 0.15) is 0 Å². The minimum Gasteiger partial charge on any atom is -0.271 e. The number of hydrazine groups is 1. The fourth-order valence-corrected chi connectivity index (χ4v) is 2.41. The molecule has 0 radical (unpaired) electrons. The minimum absolute atomic E-state index is 0.0284. The van der Waals surface area contributed by atoms with Crippen LogP contribution in [0.1, 0.15) is 17.3 Å². The quantitative estimate of drug-likeness (QED) is 0.597. The molecule has 1 heterocycles. The van der Waals surface area contributed by atoms with Crippen molar-refractivity contribution in [3.05, 3.63) is 61.8 Å². The standard InChI is InChI=1S/C13H12Br2ClN3/c14-9-2-3-10(18-7-9)6-13(19-17)8-1-4-11(15)12(16)5-8/h1-5,7,13,19H,6,17H2. The van der Waals surface area contributed by atoms with E-state index >= 15 is 0 Å². The van der Waals surface area contributed by atoms with Gasteiger partial charge in [0.25, 0.3) is 0 Å². The van der Waals surface area contributed by atoms with Crippen LogP contribution in [-0.4, -0.2) is 4.98 Å². The first-order valence-electron chi connectivity index (χ1n) is 5.61. The smallest absolute Gasteiger partial charge is 0.0551 e. The number of nitrogens with two attached hydrogens (primary N) is 1. The second kappa shape index (κ2) is 6.81. The molecule has 1 unspecified atom stereocenters. The minimum atomic E-state index is -0.0284. The molecule has 0 aliphatic rings. The van der Waals surface area contributed by atoms with Gasteiger partial charge in [-0.2, -0.15) is 0 Å². The van der Waals surface area contributed by atoms with Crippen LogP contribution >= 0.6 is 43.5 Å². The molecule has 0 fully saturated rings. The van der Waals surface area contributed by atoms with E-state index in [9.17, 15) is 0 Å². The molecule has 2 aromatic rings. The Bertz CT molecular complexity index is 560. The van der Waals surface area contributed by atoms with Crippen molar-refractivity contribution in [1.82, 2.24) is 10.4 Å². The number of halogens is 3. The molecule has 6 heteroatoms. The highest BCUT2D eigenvalue weighted by Gasteiger charge is 2.12. The van der Waals surface area contributed by atoms with E-state index in [4.69, 9.17) is 17.4 Å². The first kappa shape index (κ1) is 14.9. The van der Waals surface area contributed by atoms with E-state index < -0.39 is 0 Å². The maximum absolute atomic E-state index is 6.10. The molecule has 0 spiro atoms. The van der Waals surface area contributed by atoms with Crippen molar-refractivity contribution < 1.29 is 0 Å². The van der Waals surface area contributed by atoms with E-state index in [1.54, 1.807) is 6.20 Å². The lowest BCUT2D eigenvalue weighted by atomic mass is 10.0. The van der Waals surface area contributed by atoms with E-state index in [2.05, 4.69) is 42.3 Å². The van der Waals surface area contributed by atoms with E-state index in [-0.39, 0.29) is 6.04 Å². The Morgan fingerprint density at radius 2 is 2.05 bits per heavy atom. The van der Waals surface area contributed by atoms with Crippen molar-refractivity contribution in [3.63, 3.8) is 0 Å². The van der Waals surface area contributed by atoms with Gasteiger partial charge in [-0.05, 0) is 61.7 Å². The Labute approximate surface area is 133 Å².